The van der Waals surface area contributed by atoms with E-state index in [9.17, 15) is 4.39 Å². The molecule has 6 heteroatoms. The topological polar surface area (TPSA) is 64.2 Å². The highest BCUT2D eigenvalue weighted by molar-refractivity contribution is 5.99. The number of fused-ring (bicyclic) bond motifs is 1. The number of methoxy groups -OCH3 is 2. The van der Waals surface area contributed by atoms with Gasteiger partial charge >= 0.3 is 0 Å². The molecule has 3 rings (SSSR count). The molecule has 26 heavy (non-hydrogen) atoms. The summed E-state index contributed by atoms with van der Waals surface area (Å²) >= 11 is 0. The monoisotopic (exact) mass is 361 g/mol. The van der Waals surface area contributed by atoms with E-state index in [4.69, 9.17) is 19.1 Å². The molecule has 1 aromatic heterocycles. The van der Waals surface area contributed by atoms with Crippen molar-refractivity contribution in [1.29, 1.82) is 0 Å². The van der Waals surface area contributed by atoms with Gasteiger partial charge in [0.2, 0.25) is 0 Å². The second-order valence-electron chi connectivity index (χ2n) is 4.84. The Kier molecular flexibility index (Phi) is 7.65. The molecule has 0 radical (unpaired) electrons. The van der Waals surface area contributed by atoms with E-state index in [2.05, 4.69) is 5.16 Å². The Bertz CT molecular complexity index is 887. The highest BCUT2D eigenvalue weighted by Gasteiger charge is 2.13. The lowest BCUT2D eigenvalue weighted by atomic mass is 10.1. The highest BCUT2D eigenvalue weighted by atomic mass is 19.1. The van der Waals surface area contributed by atoms with Crippen LogP contribution in [-0.4, -0.2) is 25.6 Å². The summed E-state index contributed by atoms with van der Waals surface area (Å²) in [5.41, 5.74) is 1.65. The maximum absolute atomic E-state index is 13.9. The zero-order valence-corrected chi connectivity index (χ0v) is 14.5. The van der Waals surface area contributed by atoms with Crippen molar-refractivity contribution in [3.05, 3.63) is 47.8 Å². The number of rotatable bonds is 4. The van der Waals surface area contributed by atoms with E-state index >= 15 is 0 Å². The summed E-state index contributed by atoms with van der Waals surface area (Å²) in [6.45, 7) is 4.00. The molecule has 1 N–H and O–H groups in total. The van der Waals surface area contributed by atoms with Crippen LogP contribution in [0.2, 0.25) is 0 Å². The Hall–Kier alpha value is -3.02. The zero-order valence-electron chi connectivity index (χ0n) is 14.5. The van der Waals surface area contributed by atoms with E-state index in [0.717, 1.165) is 5.39 Å². The van der Waals surface area contributed by atoms with E-state index in [1.54, 1.807) is 31.4 Å². The number of ether oxygens (including phenoxy) is 2. The van der Waals surface area contributed by atoms with Gasteiger partial charge in [0.1, 0.15) is 17.1 Å². The molecule has 1 heterocycles. The molecule has 0 fully saturated rings. The van der Waals surface area contributed by atoms with Crippen molar-refractivity contribution < 1.29 is 23.5 Å². The van der Waals surface area contributed by atoms with Crippen molar-refractivity contribution in [2.75, 3.05) is 14.2 Å². The third-order valence-electron chi connectivity index (χ3n) is 3.49. The second kappa shape index (κ2) is 9.46. The van der Waals surface area contributed by atoms with Crippen LogP contribution in [-0.2, 0) is 0 Å². The van der Waals surface area contributed by atoms with Gasteiger partial charge in [-0.2, -0.15) is 0 Å². The standard InChI is InChI=1S/C17H14FNO4.C2H6.CH4/c1-21-13-5-11-8-16(23-17(11)12(6-13)9-19-20)10-3-4-15(22-2)14(18)7-10;1-2;/h3-9,20H,1-2H3;1-2H3;1H4/b19-9+;;. The zero-order chi connectivity index (χ0) is 18.4. The van der Waals surface area contributed by atoms with Crippen LogP contribution >= 0.6 is 0 Å². The van der Waals surface area contributed by atoms with Crippen LogP contribution in [0.15, 0.2) is 46.0 Å². The Morgan fingerprint density at radius 3 is 2.38 bits per heavy atom. The summed E-state index contributed by atoms with van der Waals surface area (Å²) in [4.78, 5) is 0. The molecule has 2 aromatic carbocycles. The molecular weight excluding hydrogens is 337 g/mol. The van der Waals surface area contributed by atoms with Crippen LogP contribution in [0.25, 0.3) is 22.3 Å². The Balaban J connectivity index is 0.00000109. The molecule has 0 aliphatic rings. The van der Waals surface area contributed by atoms with Gasteiger partial charge in [0.05, 0.1) is 20.4 Å². The molecule has 140 valence electrons. The van der Waals surface area contributed by atoms with Crippen LogP contribution in [0.3, 0.4) is 0 Å². The highest BCUT2D eigenvalue weighted by Crippen LogP contribution is 2.33. The summed E-state index contributed by atoms with van der Waals surface area (Å²) in [7, 11) is 2.95. The van der Waals surface area contributed by atoms with Crippen LogP contribution < -0.4 is 9.47 Å². The molecule has 0 spiro atoms. The van der Waals surface area contributed by atoms with Crippen molar-refractivity contribution in [1.82, 2.24) is 0 Å². The number of benzene rings is 2. The molecule has 0 unspecified atom stereocenters. The van der Waals surface area contributed by atoms with Gasteiger partial charge in [-0.15, -0.1) is 0 Å². The molecule has 0 aliphatic heterocycles. The van der Waals surface area contributed by atoms with Gasteiger partial charge < -0.3 is 19.1 Å². The average molecular weight is 361 g/mol. The van der Waals surface area contributed by atoms with Crippen molar-refractivity contribution in [2.24, 2.45) is 5.16 Å². The Labute approximate surface area is 152 Å². The number of hydrogen-bond donors (Lipinski definition) is 1. The normalized spacial score (nSPS) is 10.2. The molecule has 0 saturated carbocycles. The predicted octanol–water partition coefficient (Wildman–Crippen LogP) is 5.73. The third-order valence-corrected chi connectivity index (χ3v) is 3.49. The van der Waals surface area contributed by atoms with Crippen LogP contribution in [0.4, 0.5) is 4.39 Å². The molecule has 0 atom stereocenters. The van der Waals surface area contributed by atoms with Crippen molar-refractivity contribution >= 4 is 17.2 Å². The molecule has 0 amide bonds. The van der Waals surface area contributed by atoms with E-state index in [1.165, 1.54) is 25.5 Å². The lowest BCUT2D eigenvalue weighted by Gasteiger charge is -2.03. The number of nitrogens with zero attached hydrogens (tertiary/aromatic N) is 1. The van der Waals surface area contributed by atoms with E-state index in [-0.39, 0.29) is 13.2 Å². The van der Waals surface area contributed by atoms with Gasteiger partial charge in [-0.1, -0.05) is 26.4 Å². The minimum Gasteiger partial charge on any atom is -0.497 e. The van der Waals surface area contributed by atoms with Gasteiger partial charge in [0.25, 0.3) is 0 Å². The summed E-state index contributed by atoms with van der Waals surface area (Å²) in [6.07, 6.45) is 1.26. The maximum Gasteiger partial charge on any atom is 0.165 e. The van der Waals surface area contributed by atoms with Gasteiger partial charge in [-0.05, 0) is 36.4 Å². The fourth-order valence-corrected chi connectivity index (χ4v) is 2.39. The SMILES string of the molecule is C.CC.COc1cc(/C=N/O)c2oc(-c3ccc(OC)c(F)c3)cc2c1. The summed E-state index contributed by atoms with van der Waals surface area (Å²) in [6, 6.07) is 9.83. The molecule has 0 bridgehead atoms. The lowest BCUT2D eigenvalue weighted by molar-refractivity contribution is 0.322. The van der Waals surface area contributed by atoms with Crippen LogP contribution in [0.5, 0.6) is 11.5 Å². The lowest BCUT2D eigenvalue weighted by Crippen LogP contribution is -1.87. The fraction of sp³-hybridized carbons (Fsp3) is 0.250. The van der Waals surface area contributed by atoms with Crippen molar-refractivity contribution in [3.63, 3.8) is 0 Å². The van der Waals surface area contributed by atoms with E-state index in [1.807, 2.05) is 13.8 Å². The first kappa shape index (κ1) is 21.0. The maximum atomic E-state index is 13.9. The number of halogens is 1. The van der Waals surface area contributed by atoms with Crippen molar-refractivity contribution in [2.45, 2.75) is 21.3 Å². The fourth-order valence-electron chi connectivity index (χ4n) is 2.39. The first-order valence-corrected chi connectivity index (χ1v) is 7.79. The average Bonchev–Trinajstić information content (AvgIpc) is 3.08. The summed E-state index contributed by atoms with van der Waals surface area (Å²) in [5, 5.41) is 12.6. The number of hydrogen-bond acceptors (Lipinski definition) is 5. The summed E-state index contributed by atoms with van der Waals surface area (Å²) in [5.74, 6) is 0.780. The molecule has 3 aromatic rings. The first-order chi connectivity index (χ1) is 12.2. The quantitative estimate of drug-likeness (QED) is 0.366. The predicted molar refractivity (Wildman–Crippen MR) is 102 cm³/mol. The minimum atomic E-state index is -0.472. The molecule has 0 saturated heterocycles. The Morgan fingerprint density at radius 1 is 1.08 bits per heavy atom. The second-order valence-corrected chi connectivity index (χ2v) is 4.84. The third kappa shape index (κ3) is 4.14. The van der Waals surface area contributed by atoms with E-state index in [0.29, 0.717) is 28.2 Å². The number of furan rings is 1. The van der Waals surface area contributed by atoms with Gasteiger partial charge in [-0.25, -0.2) is 4.39 Å². The molecular formula is C20H24FNO4. The molecule has 0 aliphatic carbocycles. The van der Waals surface area contributed by atoms with Gasteiger partial charge in [0, 0.05) is 16.5 Å². The molecule has 5 nitrogen and oxygen atoms in total. The van der Waals surface area contributed by atoms with Gasteiger partial charge in [0.15, 0.2) is 11.6 Å². The Morgan fingerprint density at radius 2 is 1.81 bits per heavy atom. The largest absolute Gasteiger partial charge is 0.497 e. The van der Waals surface area contributed by atoms with Gasteiger partial charge in [-0.3, -0.25) is 0 Å². The van der Waals surface area contributed by atoms with E-state index < -0.39 is 5.82 Å². The first-order valence-electron chi connectivity index (χ1n) is 7.79. The summed E-state index contributed by atoms with van der Waals surface area (Å²) < 4.78 is 29.8. The van der Waals surface area contributed by atoms with Crippen LogP contribution in [0.1, 0.15) is 26.8 Å². The smallest absolute Gasteiger partial charge is 0.165 e. The van der Waals surface area contributed by atoms with Crippen LogP contribution in [0, 0.1) is 5.82 Å². The minimum absolute atomic E-state index is 0. The van der Waals surface area contributed by atoms with Crippen molar-refractivity contribution in [3.8, 4) is 22.8 Å². The number of oxime groups is 1.